The summed E-state index contributed by atoms with van der Waals surface area (Å²) >= 11 is 0. The van der Waals surface area contributed by atoms with Gasteiger partial charge in [-0.25, -0.2) is 4.68 Å². The van der Waals surface area contributed by atoms with Crippen LogP contribution in [-0.4, -0.2) is 21.2 Å². The van der Waals surface area contributed by atoms with Gasteiger partial charge in [0.05, 0.1) is 23.5 Å². The second-order valence-corrected chi connectivity index (χ2v) is 7.32. The molecule has 0 unspecified atom stereocenters. The molecule has 1 amide bonds. The molecule has 24 heavy (non-hydrogen) atoms. The molecule has 5 nitrogen and oxygen atoms in total. The number of carbonyl (C=O) groups excluding carboxylic acids is 1. The van der Waals surface area contributed by atoms with Gasteiger partial charge >= 0.3 is 0 Å². The molecule has 5 heteroatoms. The van der Waals surface area contributed by atoms with E-state index < -0.39 is 5.54 Å². The van der Waals surface area contributed by atoms with Crippen molar-refractivity contribution in [2.45, 2.75) is 58.5 Å². The van der Waals surface area contributed by atoms with E-state index in [-0.39, 0.29) is 11.9 Å². The van der Waals surface area contributed by atoms with E-state index in [1.165, 1.54) is 16.8 Å². The van der Waals surface area contributed by atoms with Crippen LogP contribution < -0.4 is 11.1 Å². The molecule has 3 N–H and O–H groups in total. The van der Waals surface area contributed by atoms with Gasteiger partial charge in [-0.2, -0.15) is 5.10 Å². The van der Waals surface area contributed by atoms with E-state index in [1.807, 2.05) is 10.9 Å². The highest BCUT2D eigenvalue weighted by atomic mass is 16.2. The molecule has 1 aromatic carbocycles. The molecule has 0 saturated heterocycles. The molecule has 1 aliphatic rings. The Morgan fingerprint density at radius 3 is 2.83 bits per heavy atom. The van der Waals surface area contributed by atoms with Crippen LogP contribution in [0.2, 0.25) is 0 Å². The molecule has 0 bridgehead atoms. The minimum absolute atomic E-state index is 0.0112. The lowest BCUT2D eigenvalue weighted by Gasteiger charge is -2.27. The quantitative estimate of drug-likeness (QED) is 0.911. The standard InChI is InChI=1S/C19H26N4O/c1-12-7-5-9-16(13(12)2)23-17-10-6-8-15(14(17)11-21-23)22-18(24)19(3,4)20/h5,7,9,11,15H,6,8,10,20H2,1-4H3,(H,22,24)/t15-/m1/s1. The average molecular weight is 326 g/mol. The molecule has 1 aromatic heterocycles. The molecule has 1 atom stereocenters. The normalized spacial score (nSPS) is 17.5. The van der Waals surface area contributed by atoms with Crippen LogP contribution in [0.4, 0.5) is 0 Å². The number of benzene rings is 1. The number of nitrogens with zero attached hydrogens (tertiary/aromatic N) is 2. The van der Waals surface area contributed by atoms with Gasteiger partial charge in [0.25, 0.3) is 0 Å². The molecule has 0 radical (unpaired) electrons. The summed E-state index contributed by atoms with van der Waals surface area (Å²) in [6.45, 7) is 7.69. The maximum atomic E-state index is 12.3. The van der Waals surface area contributed by atoms with E-state index in [2.05, 4.69) is 42.5 Å². The first-order valence-corrected chi connectivity index (χ1v) is 8.52. The highest BCUT2D eigenvalue weighted by molar-refractivity contribution is 5.85. The topological polar surface area (TPSA) is 72.9 Å². The van der Waals surface area contributed by atoms with E-state index in [9.17, 15) is 4.79 Å². The monoisotopic (exact) mass is 326 g/mol. The van der Waals surface area contributed by atoms with Crippen LogP contribution in [0.3, 0.4) is 0 Å². The van der Waals surface area contributed by atoms with Crippen molar-refractivity contribution in [2.24, 2.45) is 5.73 Å². The predicted molar refractivity (Wildman–Crippen MR) is 95.1 cm³/mol. The number of rotatable bonds is 3. The zero-order valence-corrected chi connectivity index (χ0v) is 14.9. The molecule has 2 aromatic rings. The van der Waals surface area contributed by atoms with Crippen LogP contribution in [0.25, 0.3) is 5.69 Å². The Morgan fingerprint density at radius 1 is 1.38 bits per heavy atom. The summed E-state index contributed by atoms with van der Waals surface area (Å²) in [5.41, 5.74) is 10.9. The number of nitrogens with two attached hydrogens (primary N) is 1. The Labute approximate surface area is 143 Å². The Kier molecular flexibility index (Phi) is 4.22. The van der Waals surface area contributed by atoms with E-state index in [0.29, 0.717) is 0 Å². The highest BCUT2D eigenvalue weighted by Gasteiger charge is 2.30. The van der Waals surface area contributed by atoms with Gasteiger partial charge in [0.15, 0.2) is 0 Å². The molecule has 0 aliphatic heterocycles. The fourth-order valence-corrected chi connectivity index (χ4v) is 3.22. The second kappa shape index (κ2) is 6.06. The van der Waals surface area contributed by atoms with Gasteiger partial charge in [0.1, 0.15) is 0 Å². The molecule has 0 spiro atoms. The first kappa shape index (κ1) is 16.7. The summed E-state index contributed by atoms with van der Waals surface area (Å²) in [7, 11) is 0. The van der Waals surface area contributed by atoms with Crippen molar-refractivity contribution in [3.8, 4) is 5.69 Å². The molecular formula is C19H26N4O. The molecule has 0 fully saturated rings. The lowest BCUT2D eigenvalue weighted by atomic mass is 9.92. The van der Waals surface area contributed by atoms with Gasteiger partial charge in [-0.3, -0.25) is 4.79 Å². The van der Waals surface area contributed by atoms with Crippen LogP contribution >= 0.6 is 0 Å². The summed E-state index contributed by atoms with van der Waals surface area (Å²) in [4.78, 5) is 12.3. The number of nitrogens with one attached hydrogen (secondary N) is 1. The van der Waals surface area contributed by atoms with Crippen LogP contribution in [0, 0.1) is 13.8 Å². The smallest absolute Gasteiger partial charge is 0.239 e. The number of hydrogen-bond donors (Lipinski definition) is 2. The fourth-order valence-electron chi connectivity index (χ4n) is 3.22. The maximum absolute atomic E-state index is 12.3. The lowest BCUT2D eigenvalue weighted by molar-refractivity contribution is -0.126. The first-order chi connectivity index (χ1) is 11.3. The van der Waals surface area contributed by atoms with Crippen molar-refractivity contribution in [3.05, 3.63) is 46.8 Å². The minimum atomic E-state index is -0.874. The first-order valence-electron chi connectivity index (χ1n) is 8.52. The van der Waals surface area contributed by atoms with Crippen molar-refractivity contribution in [1.29, 1.82) is 0 Å². The minimum Gasteiger partial charge on any atom is -0.348 e. The van der Waals surface area contributed by atoms with E-state index in [1.54, 1.807) is 13.8 Å². The average Bonchev–Trinajstić information content (AvgIpc) is 2.94. The Balaban J connectivity index is 1.96. The molecule has 3 rings (SSSR count). The van der Waals surface area contributed by atoms with Crippen LogP contribution in [0.1, 0.15) is 55.1 Å². The summed E-state index contributed by atoms with van der Waals surface area (Å²) in [5, 5.41) is 7.71. The maximum Gasteiger partial charge on any atom is 0.239 e. The SMILES string of the molecule is Cc1cccc(-n2ncc3c2CCC[C@H]3NC(=O)C(C)(C)N)c1C. The van der Waals surface area contributed by atoms with Crippen LogP contribution in [0.5, 0.6) is 0 Å². The molecule has 1 aliphatic carbocycles. The van der Waals surface area contributed by atoms with E-state index in [0.717, 1.165) is 30.5 Å². The highest BCUT2D eigenvalue weighted by Crippen LogP contribution is 2.32. The van der Waals surface area contributed by atoms with Crippen LogP contribution in [0.15, 0.2) is 24.4 Å². The zero-order chi connectivity index (χ0) is 17.5. The Hall–Kier alpha value is -2.14. The molecule has 0 saturated carbocycles. The van der Waals surface area contributed by atoms with Gasteiger partial charge in [-0.05, 0) is 64.2 Å². The zero-order valence-electron chi connectivity index (χ0n) is 14.9. The van der Waals surface area contributed by atoms with Crippen molar-refractivity contribution in [3.63, 3.8) is 0 Å². The van der Waals surface area contributed by atoms with Gasteiger partial charge < -0.3 is 11.1 Å². The van der Waals surface area contributed by atoms with Crippen molar-refractivity contribution in [1.82, 2.24) is 15.1 Å². The van der Waals surface area contributed by atoms with Crippen molar-refractivity contribution < 1.29 is 4.79 Å². The van der Waals surface area contributed by atoms with Gasteiger partial charge in [-0.1, -0.05) is 12.1 Å². The number of fused-ring (bicyclic) bond motifs is 1. The van der Waals surface area contributed by atoms with Gasteiger partial charge in [-0.15, -0.1) is 0 Å². The number of aromatic nitrogens is 2. The summed E-state index contributed by atoms with van der Waals surface area (Å²) in [6, 6.07) is 6.26. The third kappa shape index (κ3) is 2.96. The second-order valence-electron chi connectivity index (χ2n) is 7.32. The lowest BCUT2D eigenvalue weighted by Crippen LogP contribution is -2.50. The molecule has 1 heterocycles. The van der Waals surface area contributed by atoms with Gasteiger partial charge in [0.2, 0.25) is 5.91 Å². The van der Waals surface area contributed by atoms with E-state index >= 15 is 0 Å². The Bertz CT molecular complexity index is 770. The third-order valence-corrected chi connectivity index (χ3v) is 4.88. The summed E-state index contributed by atoms with van der Waals surface area (Å²) < 4.78 is 2.03. The van der Waals surface area contributed by atoms with Crippen molar-refractivity contribution >= 4 is 5.91 Å². The predicted octanol–water partition coefficient (Wildman–Crippen LogP) is 2.72. The van der Waals surface area contributed by atoms with Crippen LogP contribution in [-0.2, 0) is 11.2 Å². The summed E-state index contributed by atoms with van der Waals surface area (Å²) in [6.07, 6.45) is 4.82. The van der Waals surface area contributed by atoms with Gasteiger partial charge in [0, 0.05) is 11.3 Å². The number of aryl methyl sites for hydroxylation is 1. The summed E-state index contributed by atoms with van der Waals surface area (Å²) in [5.74, 6) is -0.125. The molecular weight excluding hydrogens is 300 g/mol. The third-order valence-electron chi connectivity index (χ3n) is 4.88. The number of hydrogen-bond acceptors (Lipinski definition) is 3. The number of carbonyl (C=O) groups is 1. The largest absolute Gasteiger partial charge is 0.348 e. The van der Waals surface area contributed by atoms with E-state index in [4.69, 9.17) is 5.73 Å². The molecule has 128 valence electrons. The fraction of sp³-hybridized carbons (Fsp3) is 0.474. The number of amides is 1. The Morgan fingerprint density at radius 2 is 2.12 bits per heavy atom. The van der Waals surface area contributed by atoms with Crippen molar-refractivity contribution in [2.75, 3.05) is 0 Å².